The Balaban J connectivity index is 2.92. The molecule has 82 valence electrons. The number of carboxylic acids is 1. The van der Waals surface area contributed by atoms with Gasteiger partial charge in [0, 0.05) is 5.69 Å². The predicted octanol–water partition coefficient (Wildman–Crippen LogP) is 2.37. The zero-order chi connectivity index (χ0) is 11.4. The van der Waals surface area contributed by atoms with Gasteiger partial charge >= 0.3 is 5.97 Å². The Morgan fingerprint density at radius 3 is 2.73 bits per heavy atom. The number of nitrogens with one attached hydrogen (secondary N) is 1. The van der Waals surface area contributed by atoms with Crippen molar-refractivity contribution >= 4 is 11.7 Å². The summed E-state index contributed by atoms with van der Waals surface area (Å²) in [5.41, 5.74) is 1.04. The second kappa shape index (κ2) is 4.72. The molecule has 0 saturated carbocycles. The number of carbonyl (C=O) groups is 1. The lowest BCUT2D eigenvalue weighted by Crippen LogP contribution is -2.13. The van der Waals surface area contributed by atoms with Crippen molar-refractivity contribution in [1.29, 1.82) is 0 Å². The minimum Gasteiger partial charge on any atom is -0.478 e. The van der Waals surface area contributed by atoms with Crippen LogP contribution in [0.25, 0.3) is 0 Å². The van der Waals surface area contributed by atoms with E-state index < -0.39 is 18.9 Å². The monoisotopic (exact) mass is 215 g/mol. The van der Waals surface area contributed by atoms with Crippen LogP contribution in [0, 0.1) is 6.92 Å². The fraction of sp³-hybridized carbons (Fsp3) is 0.300. The number of carboxylic acid groups (broad SMARTS) is 1. The summed E-state index contributed by atoms with van der Waals surface area (Å²) in [5.74, 6) is -1.13. The Hall–Kier alpha value is -1.65. The van der Waals surface area contributed by atoms with Crippen molar-refractivity contribution in [2.75, 3.05) is 11.9 Å². The van der Waals surface area contributed by atoms with Crippen molar-refractivity contribution in [2.45, 2.75) is 13.3 Å². The van der Waals surface area contributed by atoms with Crippen molar-refractivity contribution in [2.24, 2.45) is 0 Å². The van der Waals surface area contributed by atoms with Gasteiger partial charge in [-0.2, -0.15) is 0 Å². The summed E-state index contributed by atoms with van der Waals surface area (Å²) in [7, 11) is 0. The number of aromatic carboxylic acids is 1. The minimum atomic E-state index is -2.51. The van der Waals surface area contributed by atoms with Crippen LogP contribution in [0.5, 0.6) is 0 Å². The molecule has 15 heavy (non-hydrogen) atoms. The quantitative estimate of drug-likeness (QED) is 0.810. The normalized spacial score (nSPS) is 10.4. The van der Waals surface area contributed by atoms with E-state index in [1.54, 1.807) is 13.0 Å². The molecule has 0 unspecified atom stereocenters. The molecule has 5 heteroatoms. The van der Waals surface area contributed by atoms with Gasteiger partial charge in [-0.05, 0) is 24.6 Å². The molecule has 0 aromatic heterocycles. The fourth-order valence-corrected chi connectivity index (χ4v) is 1.18. The van der Waals surface area contributed by atoms with Gasteiger partial charge in [-0.1, -0.05) is 6.07 Å². The smallest absolute Gasteiger partial charge is 0.337 e. The van der Waals surface area contributed by atoms with Gasteiger partial charge in [-0.25, -0.2) is 13.6 Å². The van der Waals surface area contributed by atoms with E-state index in [0.29, 0.717) is 0 Å². The van der Waals surface area contributed by atoms with Crippen molar-refractivity contribution in [1.82, 2.24) is 0 Å². The van der Waals surface area contributed by atoms with Gasteiger partial charge in [0.25, 0.3) is 6.43 Å². The molecule has 0 heterocycles. The second-order valence-corrected chi connectivity index (χ2v) is 3.13. The van der Waals surface area contributed by atoms with E-state index in [-0.39, 0.29) is 11.3 Å². The Bertz CT molecular complexity index is 366. The third-order valence-electron chi connectivity index (χ3n) is 1.85. The van der Waals surface area contributed by atoms with Gasteiger partial charge in [0.15, 0.2) is 0 Å². The van der Waals surface area contributed by atoms with Crippen LogP contribution in [0.3, 0.4) is 0 Å². The molecule has 1 aromatic carbocycles. The molecule has 0 aliphatic rings. The molecular weight excluding hydrogens is 204 g/mol. The summed E-state index contributed by atoms with van der Waals surface area (Å²) in [4.78, 5) is 10.8. The van der Waals surface area contributed by atoms with Gasteiger partial charge in [0.2, 0.25) is 0 Å². The summed E-state index contributed by atoms with van der Waals surface area (Å²) < 4.78 is 23.9. The molecule has 0 radical (unpaired) electrons. The predicted molar refractivity (Wildman–Crippen MR) is 52.6 cm³/mol. The highest BCUT2D eigenvalue weighted by atomic mass is 19.3. The molecule has 3 nitrogen and oxygen atoms in total. The zero-order valence-electron chi connectivity index (χ0n) is 8.13. The van der Waals surface area contributed by atoms with Crippen molar-refractivity contribution < 1.29 is 18.7 Å². The van der Waals surface area contributed by atoms with Crippen LogP contribution in [-0.4, -0.2) is 24.0 Å². The largest absolute Gasteiger partial charge is 0.478 e. The van der Waals surface area contributed by atoms with Crippen LogP contribution in [-0.2, 0) is 0 Å². The first-order valence-corrected chi connectivity index (χ1v) is 4.36. The lowest BCUT2D eigenvalue weighted by molar-refractivity contribution is 0.0697. The van der Waals surface area contributed by atoms with Crippen LogP contribution in [0.4, 0.5) is 14.5 Å². The second-order valence-electron chi connectivity index (χ2n) is 3.13. The molecule has 0 saturated heterocycles. The van der Waals surface area contributed by atoms with Crippen LogP contribution in [0.1, 0.15) is 15.9 Å². The van der Waals surface area contributed by atoms with E-state index in [1.807, 2.05) is 0 Å². The van der Waals surface area contributed by atoms with Gasteiger partial charge in [-0.15, -0.1) is 0 Å². The van der Waals surface area contributed by atoms with Gasteiger partial charge < -0.3 is 10.4 Å². The average molecular weight is 215 g/mol. The van der Waals surface area contributed by atoms with Gasteiger partial charge in [-0.3, -0.25) is 0 Å². The Labute approximate surface area is 85.7 Å². The maximum absolute atomic E-state index is 11.9. The highest BCUT2D eigenvalue weighted by molar-refractivity contribution is 5.94. The Morgan fingerprint density at radius 1 is 1.53 bits per heavy atom. The van der Waals surface area contributed by atoms with Crippen LogP contribution in [0.2, 0.25) is 0 Å². The number of anilines is 1. The highest BCUT2D eigenvalue weighted by Crippen LogP contribution is 2.17. The Kier molecular flexibility index (Phi) is 3.60. The van der Waals surface area contributed by atoms with Crippen molar-refractivity contribution in [3.8, 4) is 0 Å². The number of hydrogen-bond acceptors (Lipinski definition) is 2. The van der Waals surface area contributed by atoms with E-state index in [2.05, 4.69) is 5.32 Å². The molecule has 0 aliphatic carbocycles. The lowest BCUT2D eigenvalue weighted by atomic mass is 10.1. The van der Waals surface area contributed by atoms with E-state index in [1.165, 1.54) is 12.1 Å². The number of alkyl halides is 2. The topological polar surface area (TPSA) is 49.3 Å². The standard InChI is InChI=1S/C10H11F2NO2/c1-6-2-3-7(10(14)15)8(4-6)13-5-9(11)12/h2-4,9,13H,5H2,1H3,(H,14,15). The first-order chi connectivity index (χ1) is 7.00. The van der Waals surface area contributed by atoms with Crippen LogP contribution < -0.4 is 5.32 Å². The van der Waals surface area contributed by atoms with E-state index in [4.69, 9.17) is 5.11 Å². The molecular formula is C10H11F2NO2. The van der Waals surface area contributed by atoms with E-state index in [0.717, 1.165) is 5.56 Å². The number of benzene rings is 1. The lowest BCUT2D eigenvalue weighted by Gasteiger charge is -2.09. The molecule has 1 aromatic rings. The maximum Gasteiger partial charge on any atom is 0.337 e. The SMILES string of the molecule is Cc1ccc(C(=O)O)c(NCC(F)F)c1. The van der Waals surface area contributed by atoms with Crippen LogP contribution >= 0.6 is 0 Å². The number of halogens is 2. The molecule has 0 aliphatic heterocycles. The van der Waals surface area contributed by atoms with Gasteiger partial charge in [0.1, 0.15) is 0 Å². The minimum absolute atomic E-state index is 0.00116. The zero-order valence-corrected chi connectivity index (χ0v) is 8.13. The van der Waals surface area contributed by atoms with Gasteiger partial charge in [0.05, 0.1) is 12.1 Å². The first kappa shape index (κ1) is 11.4. The third kappa shape index (κ3) is 3.19. The number of aryl methyl sites for hydroxylation is 1. The molecule has 0 bridgehead atoms. The fourth-order valence-electron chi connectivity index (χ4n) is 1.18. The van der Waals surface area contributed by atoms with Crippen molar-refractivity contribution in [3.63, 3.8) is 0 Å². The van der Waals surface area contributed by atoms with Crippen LogP contribution in [0.15, 0.2) is 18.2 Å². The maximum atomic E-state index is 11.9. The molecule has 0 amide bonds. The third-order valence-corrected chi connectivity index (χ3v) is 1.85. The molecule has 2 N–H and O–H groups in total. The molecule has 0 spiro atoms. The van der Waals surface area contributed by atoms with E-state index in [9.17, 15) is 13.6 Å². The highest BCUT2D eigenvalue weighted by Gasteiger charge is 2.11. The molecule has 0 atom stereocenters. The summed E-state index contributed by atoms with van der Waals surface area (Å²) in [6.45, 7) is 1.21. The summed E-state index contributed by atoms with van der Waals surface area (Å²) in [6, 6.07) is 4.55. The molecule has 1 rings (SSSR count). The van der Waals surface area contributed by atoms with E-state index >= 15 is 0 Å². The number of hydrogen-bond donors (Lipinski definition) is 2. The summed E-state index contributed by atoms with van der Waals surface area (Å²) in [6.07, 6.45) is -2.51. The summed E-state index contributed by atoms with van der Waals surface area (Å²) in [5, 5.41) is 11.2. The summed E-state index contributed by atoms with van der Waals surface area (Å²) >= 11 is 0. The van der Waals surface area contributed by atoms with Crippen molar-refractivity contribution in [3.05, 3.63) is 29.3 Å². The molecule has 0 fully saturated rings. The number of rotatable bonds is 4. The first-order valence-electron chi connectivity index (χ1n) is 4.36. The Morgan fingerprint density at radius 2 is 2.20 bits per heavy atom. The average Bonchev–Trinajstić information content (AvgIpc) is 2.14.